The normalized spacial score (nSPS) is 14.8. The van der Waals surface area contributed by atoms with E-state index in [1.807, 2.05) is 6.92 Å². The Kier molecular flexibility index (Phi) is 5.98. The first-order valence-electron chi connectivity index (χ1n) is 10.9. The van der Waals surface area contributed by atoms with E-state index in [0.717, 1.165) is 16.8 Å². The van der Waals surface area contributed by atoms with Crippen LogP contribution >= 0.6 is 11.8 Å². The molecule has 0 saturated carbocycles. The van der Waals surface area contributed by atoms with Crippen LogP contribution in [0.2, 0.25) is 0 Å². The van der Waals surface area contributed by atoms with E-state index in [2.05, 4.69) is 10.4 Å². The molecular weight excluding hydrogens is 486 g/mol. The van der Waals surface area contributed by atoms with E-state index in [1.54, 1.807) is 30.3 Å². The van der Waals surface area contributed by atoms with Crippen molar-refractivity contribution in [1.29, 1.82) is 0 Å². The molecule has 0 unspecified atom stereocenters. The average Bonchev–Trinajstić information content (AvgIpc) is 2.84. The summed E-state index contributed by atoms with van der Waals surface area (Å²) < 4.78 is 10.5. The summed E-state index contributed by atoms with van der Waals surface area (Å²) in [6.07, 6.45) is -0.263. The summed E-state index contributed by atoms with van der Waals surface area (Å²) in [5, 5.41) is 24.5. The number of hydrazine groups is 1. The molecule has 0 spiro atoms. The van der Waals surface area contributed by atoms with Gasteiger partial charge in [-0.15, -0.1) is 0 Å². The van der Waals surface area contributed by atoms with Gasteiger partial charge in [0.1, 0.15) is 28.2 Å². The molecule has 11 heteroatoms. The zero-order valence-corrected chi connectivity index (χ0v) is 19.7. The van der Waals surface area contributed by atoms with Crippen molar-refractivity contribution in [2.45, 2.75) is 13.3 Å². The second-order valence-corrected chi connectivity index (χ2v) is 8.66. The number of phenols is 1. The summed E-state index contributed by atoms with van der Waals surface area (Å²) in [7, 11) is 0. The number of para-hydroxylation sites is 1. The zero-order valence-electron chi connectivity index (χ0n) is 18.8. The highest BCUT2D eigenvalue weighted by Gasteiger charge is 2.30. The van der Waals surface area contributed by atoms with Crippen LogP contribution < -0.4 is 16.7 Å². The van der Waals surface area contributed by atoms with Crippen molar-refractivity contribution >= 4 is 50.5 Å². The van der Waals surface area contributed by atoms with E-state index in [-0.39, 0.29) is 40.3 Å². The fraction of sp³-hybridized carbons (Fsp3) is 0.120. The number of hydrogen-bond acceptors (Lipinski definition) is 9. The summed E-state index contributed by atoms with van der Waals surface area (Å²) in [4.78, 5) is 42.9. The zero-order chi connectivity index (χ0) is 25.4. The molecule has 0 atom stereocenters. The van der Waals surface area contributed by atoms with Crippen LogP contribution in [-0.4, -0.2) is 32.8 Å². The summed E-state index contributed by atoms with van der Waals surface area (Å²) >= 11 is 1.15. The number of phenolic OH excluding ortho intramolecular Hbond substituents is 1. The number of rotatable bonds is 4. The second-order valence-electron chi connectivity index (χ2n) is 7.80. The van der Waals surface area contributed by atoms with Crippen molar-refractivity contribution in [3.8, 4) is 11.5 Å². The van der Waals surface area contributed by atoms with Gasteiger partial charge in [0.15, 0.2) is 5.17 Å². The van der Waals surface area contributed by atoms with Gasteiger partial charge in [-0.2, -0.15) is 0 Å². The number of amides is 1. The van der Waals surface area contributed by atoms with Gasteiger partial charge in [0, 0.05) is 29.5 Å². The van der Waals surface area contributed by atoms with Gasteiger partial charge in [-0.25, -0.2) is 14.6 Å². The minimum atomic E-state index is -0.824. The molecule has 10 nitrogen and oxygen atoms in total. The fourth-order valence-electron chi connectivity index (χ4n) is 3.90. The second kappa shape index (κ2) is 9.27. The molecule has 2 aromatic heterocycles. The number of hydrogen-bond donors (Lipinski definition) is 3. The van der Waals surface area contributed by atoms with Gasteiger partial charge in [0.05, 0.1) is 17.5 Å². The van der Waals surface area contributed by atoms with Crippen LogP contribution in [0.5, 0.6) is 11.5 Å². The molecule has 0 saturated heterocycles. The molecule has 1 amide bonds. The maximum Gasteiger partial charge on any atom is 0.349 e. The summed E-state index contributed by atoms with van der Waals surface area (Å²) in [6.45, 7) is 2.27. The molecule has 5 rings (SSSR count). The van der Waals surface area contributed by atoms with E-state index >= 15 is 0 Å². The van der Waals surface area contributed by atoms with Crippen LogP contribution in [0.25, 0.3) is 27.6 Å². The van der Waals surface area contributed by atoms with Crippen molar-refractivity contribution < 1.29 is 23.8 Å². The van der Waals surface area contributed by atoms with Gasteiger partial charge >= 0.3 is 11.3 Å². The highest BCUT2D eigenvalue weighted by atomic mass is 32.2. The van der Waals surface area contributed by atoms with Crippen LogP contribution in [0.4, 0.5) is 0 Å². The molecule has 0 bridgehead atoms. The van der Waals surface area contributed by atoms with Crippen LogP contribution in [-0.2, 0) is 11.2 Å². The summed E-state index contributed by atoms with van der Waals surface area (Å²) in [5.74, 6) is -0.962. The molecule has 3 heterocycles. The Morgan fingerprint density at radius 1 is 1.06 bits per heavy atom. The van der Waals surface area contributed by atoms with Crippen molar-refractivity contribution in [3.63, 3.8) is 0 Å². The lowest BCUT2D eigenvalue weighted by Crippen LogP contribution is -2.47. The Morgan fingerprint density at radius 3 is 2.67 bits per heavy atom. The summed E-state index contributed by atoms with van der Waals surface area (Å²) in [5.41, 5.74) is 1.95. The number of fused-ring (bicyclic) bond motifs is 2. The first-order chi connectivity index (χ1) is 17.4. The number of thioether (sulfide) groups is 1. The smallest absolute Gasteiger partial charge is 0.349 e. The maximum atomic E-state index is 13.6. The van der Waals surface area contributed by atoms with Crippen LogP contribution in [0, 0.1) is 0 Å². The molecule has 2 aromatic carbocycles. The first-order valence-corrected chi connectivity index (χ1v) is 11.8. The molecule has 182 valence electrons. The van der Waals surface area contributed by atoms with Crippen molar-refractivity contribution in [1.82, 2.24) is 10.4 Å². The Balaban J connectivity index is 1.61. The molecule has 1 aliphatic rings. The van der Waals surface area contributed by atoms with Gasteiger partial charge in [0.25, 0.3) is 0 Å². The topological polar surface area (TPSA) is 146 Å². The SMILES string of the molecule is CCN=C1NN(C(=O)Cc2cc(=O)oc3cc(O)ccc23)C(c2c(O)c3ccccc3oc2=O)=CS1. The lowest BCUT2D eigenvalue weighted by molar-refractivity contribution is -0.128. The van der Waals surface area contributed by atoms with E-state index in [1.165, 1.54) is 23.6 Å². The third-order valence-electron chi connectivity index (χ3n) is 5.48. The van der Waals surface area contributed by atoms with Gasteiger partial charge in [-0.1, -0.05) is 23.9 Å². The number of nitrogens with zero attached hydrogens (tertiary/aromatic N) is 2. The van der Waals surface area contributed by atoms with E-state index in [0.29, 0.717) is 28.0 Å². The molecule has 1 aliphatic heterocycles. The summed E-state index contributed by atoms with van der Waals surface area (Å²) in [6, 6.07) is 12.0. The average molecular weight is 506 g/mol. The van der Waals surface area contributed by atoms with Crippen LogP contribution in [0.3, 0.4) is 0 Å². The Hall–Kier alpha value is -4.51. The number of aromatic hydroxyl groups is 2. The Labute approximate surface area is 207 Å². The molecule has 36 heavy (non-hydrogen) atoms. The highest BCUT2D eigenvalue weighted by Crippen LogP contribution is 2.35. The minimum absolute atomic E-state index is 0.0713. The highest BCUT2D eigenvalue weighted by molar-refractivity contribution is 8.16. The van der Waals surface area contributed by atoms with Crippen molar-refractivity contribution in [2.75, 3.05) is 6.54 Å². The van der Waals surface area contributed by atoms with E-state index in [4.69, 9.17) is 8.83 Å². The van der Waals surface area contributed by atoms with Crippen molar-refractivity contribution in [2.24, 2.45) is 4.99 Å². The predicted molar refractivity (Wildman–Crippen MR) is 136 cm³/mol. The number of carbonyl (C=O) groups excluding carboxylic acids is 1. The lowest BCUT2D eigenvalue weighted by Gasteiger charge is -2.30. The van der Waals surface area contributed by atoms with Gasteiger partial charge < -0.3 is 19.0 Å². The van der Waals surface area contributed by atoms with E-state index < -0.39 is 17.2 Å². The molecule has 3 N–H and O–H groups in total. The molecular formula is C25H19N3O7S. The third kappa shape index (κ3) is 4.20. The third-order valence-corrected chi connectivity index (χ3v) is 6.26. The number of benzene rings is 2. The standard InChI is InChI=1S/C25H19N3O7S/c1-2-26-25-27-28(20(30)9-13-10-21(31)34-19-11-14(29)7-8-15(13)19)17(12-36-25)22-23(32)16-5-3-4-6-18(16)35-24(22)33/h3-8,10-12,29,32H,2,9H2,1H3,(H,26,27). The number of nitrogens with one attached hydrogen (secondary N) is 1. The number of carbonyl (C=O) groups is 1. The predicted octanol–water partition coefficient (Wildman–Crippen LogP) is 3.31. The number of aliphatic imine (C=N–C) groups is 1. The number of amidine groups is 1. The minimum Gasteiger partial charge on any atom is -0.508 e. The van der Waals surface area contributed by atoms with Gasteiger partial charge in [-0.3, -0.25) is 15.2 Å². The largest absolute Gasteiger partial charge is 0.508 e. The molecule has 0 fully saturated rings. The van der Waals surface area contributed by atoms with Crippen LogP contribution in [0.15, 0.2) is 77.4 Å². The Morgan fingerprint density at radius 2 is 1.86 bits per heavy atom. The quantitative estimate of drug-likeness (QED) is 0.356. The Bertz CT molecular complexity index is 1700. The monoisotopic (exact) mass is 505 g/mol. The molecule has 0 radical (unpaired) electrons. The molecule has 0 aliphatic carbocycles. The van der Waals surface area contributed by atoms with Crippen molar-refractivity contribution in [3.05, 3.63) is 85.9 Å². The fourth-order valence-corrected chi connectivity index (χ4v) is 4.69. The molecule has 4 aromatic rings. The van der Waals surface area contributed by atoms with Crippen LogP contribution in [0.1, 0.15) is 18.1 Å². The van der Waals surface area contributed by atoms with E-state index in [9.17, 15) is 24.6 Å². The maximum absolute atomic E-state index is 13.6. The lowest BCUT2D eigenvalue weighted by atomic mass is 10.1. The first kappa shape index (κ1) is 23.2. The van der Waals surface area contributed by atoms with Gasteiger partial charge in [-0.05, 0) is 36.8 Å². The van der Waals surface area contributed by atoms with Gasteiger partial charge in [0.2, 0.25) is 5.91 Å².